The average molecular weight is 273 g/mol. The van der Waals surface area contributed by atoms with E-state index in [-0.39, 0.29) is 11.3 Å². The van der Waals surface area contributed by atoms with Crippen LogP contribution in [0.15, 0.2) is 40.6 Å². The van der Waals surface area contributed by atoms with Gasteiger partial charge in [0.15, 0.2) is 5.76 Å². The van der Waals surface area contributed by atoms with E-state index in [0.717, 1.165) is 18.2 Å². The molecule has 0 saturated carbocycles. The van der Waals surface area contributed by atoms with Crippen molar-refractivity contribution in [1.82, 2.24) is 0 Å². The van der Waals surface area contributed by atoms with Gasteiger partial charge in [-0.2, -0.15) is 0 Å². The van der Waals surface area contributed by atoms with E-state index < -0.39 is 29.9 Å². The molecular weight excluding hydrogens is 267 g/mol. The molecule has 1 N–H and O–H groups in total. The quantitative estimate of drug-likeness (QED) is 0.828. The van der Waals surface area contributed by atoms with Crippen molar-refractivity contribution in [3.8, 4) is 0 Å². The van der Waals surface area contributed by atoms with Gasteiger partial charge in [0.25, 0.3) is 5.91 Å². The molecule has 1 aliphatic carbocycles. The summed E-state index contributed by atoms with van der Waals surface area (Å²) in [7, 11) is 0. The normalized spacial score (nSPS) is 22.2. The number of aliphatic carboxylic acids is 1. The van der Waals surface area contributed by atoms with Crippen LogP contribution < -0.4 is 0 Å². The van der Waals surface area contributed by atoms with Gasteiger partial charge in [0.1, 0.15) is 0 Å². The second-order valence-electron chi connectivity index (χ2n) is 3.68. The van der Waals surface area contributed by atoms with E-state index in [1.807, 2.05) is 0 Å². The molecule has 1 atom stereocenters. The number of amides is 1. The molecule has 2 aliphatic rings. The number of carbonyl (C=O) groups is 2. The molecule has 2 rings (SSSR count). The van der Waals surface area contributed by atoms with Gasteiger partial charge in [-0.25, -0.2) is 9.79 Å². The van der Waals surface area contributed by atoms with Crippen LogP contribution in [0.5, 0.6) is 0 Å². The SMILES string of the molecule is O=C1C=CC2C(C(=O)O)=CC=C(OC(F)(F)F)C2=N1. The van der Waals surface area contributed by atoms with Gasteiger partial charge in [-0.05, 0) is 12.2 Å². The van der Waals surface area contributed by atoms with Gasteiger partial charge in [-0.1, -0.05) is 6.08 Å². The van der Waals surface area contributed by atoms with Crippen LogP contribution in [0, 0.1) is 5.92 Å². The second kappa shape index (κ2) is 4.38. The smallest absolute Gasteiger partial charge is 0.478 e. The standard InChI is InChI=1S/C11H6F3NO4/c12-11(13,14)19-7-3-1-6(10(17)18)5-2-4-8(16)15-9(5)7/h1-5H,(H,17,18). The number of carbonyl (C=O) groups excluding carboxylic acids is 1. The molecule has 8 heteroatoms. The zero-order valence-electron chi connectivity index (χ0n) is 9.14. The lowest BCUT2D eigenvalue weighted by atomic mass is 9.86. The highest BCUT2D eigenvalue weighted by Gasteiger charge is 2.38. The monoisotopic (exact) mass is 273 g/mol. The van der Waals surface area contributed by atoms with Crippen LogP contribution in [0.3, 0.4) is 0 Å². The molecule has 1 amide bonds. The largest absolute Gasteiger partial charge is 0.573 e. The van der Waals surface area contributed by atoms with Crippen LogP contribution in [-0.4, -0.2) is 29.1 Å². The summed E-state index contributed by atoms with van der Waals surface area (Å²) in [4.78, 5) is 25.4. The number of hydrogen-bond donors (Lipinski definition) is 1. The third-order valence-corrected chi connectivity index (χ3v) is 2.43. The van der Waals surface area contributed by atoms with Crippen LogP contribution in [0.2, 0.25) is 0 Å². The number of nitrogens with zero attached hydrogens (tertiary/aromatic N) is 1. The minimum absolute atomic E-state index is 0.183. The summed E-state index contributed by atoms with van der Waals surface area (Å²) in [6.07, 6.45) is -0.942. The fourth-order valence-corrected chi connectivity index (χ4v) is 1.72. The van der Waals surface area contributed by atoms with Crippen molar-refractivity contribution in [1.29, 1.82) is 0 Å². The van der Waals surface area contributed by atoms with Gasteiger partial charge < -0.3 is 9.84 Å². The summed E-state index contributed by atoms with van der Waals surface area (Å²) >= 11 is 0. The number of carboxylic acid groups (broad SMARTS) is 1. The molecule has 5 nitrogen and oxygen atoms in total. The van der Waals surface area contributed by atoms with Gasteiger partial charge in [0.2, 0.25) is 0 Å². The Hall–Kier alpha value is -2.38. The Bertz CT molecular complexity index is 569. The van der Waals surface area contributed by atoms with Crippen LogP contribution in [0.25, 0.3) is 0 Å². The predicted molar refractivity (Wildman–Crippen MR) is 56.0 cm³/mol. The Morgan fingerprint density at radius 1 is 1.37 bits per heavy atom. The highest BCUT2D eigenvalue weighted by atomic mass is 19.4. The number of alkyl halides is 3. The van der Waals surface area contributed by atoms with E-state index in [1.165, 1.54) is 6.08 Å². The van der Waals surface area contributed by atoms with Gasteiger partial charge in [-0.15, -0.1) is 13.2 Å². The Morgan fingerprint density at radius 2 is 2.05 bits per heavy atom. The second-order valence-corrected chi connectivity index (χ2v) is 3.68. The lowest BCUT2D eigenvalue weighted by Crippen LogP contribution is -2.30. The van der Waals surface area contributed by atoms with Gasteiger partial charge in [-0.3, -0.25) is 4.79 Å². The fraction of sp³-hybridized carbons (Fsp3) is 0.182. The molecule has 0 radical (unpaired) electrons. The maximum atomic E-state index is 12.2. The van der Waals surface area contributed by atoms with Crippen molar-refractivity contribution in [2.24, 2.45) is 10.9 Å². The fourth-order valence-electron chi connectivity index (χ4n) is 1.72. The first kappa shape index (κ1) is 13.1. The zero-order chi connectivity index (χ0) is 14.2. The van der Waals surface area contributed by atoms with Gasteiger partial charge in [0, 0.05) is 6.08 Å². The molecular formula is C11H6F3NO4. The third kappa shape index (κ3) is 2.72. The van der Waals surface area contributed by atoms with Crippen molar-refractivity contribution in [2.75, 3.05) is 0 Å². The number of dihydropyridines is 1. The number of allylic oxidation sites excluding steroid dienone is 4. The minimum Gasteiger partial charge on any atom is -0.478 e. The van der Waals surface area contributed by atoms with Crippen molar-refractivity contribution < 1.29 is 32.6 Å². The molecule has 100 valence electrons. The Labute approximate surface area is 104 Å². The van der Waals surface area contributed by atoms with Crippen molar-refractivity contribution >= 4 is 17.6 Å². The summed E-state index contributed by atoms with van der Waals surface area (Å²) in [6, 6.07) is 0. The predicted octanol–water partition coefficient (Wildman–Crippen LogP) is 1.58. The highest BCUT2D eigenvalue weighted by molar-refractivity contribution is 6.16. The van der Waals surface area contributed by atoms with Crippen molar-refractivity contribution in [3.63, 3.8) is 0 Å². The zero-order valence-corrected chi connectivity index (χ0v) is 9.14. The van der Waals surface area contributed by atoms with Gasteiger partial charge >= 0.3 is 12.3 Å². The van der Waals surface area contributed by atoms with Crippen molar-refractivity contribution in [3.05, 3.63) is 35.6 Å². The number of hydrogen-bond acceptors (Lipinski definition) is 3. The van der Waals surface area contributed by atoms with Crippen LogP contribution in [0.4, 0.5) is 13.2 Å². The number of rotatable bonds is 2. The van der Waals surface area contributed by atoms with Gasteiger partial charge in [0.05, 0.1) is 17.2 Å². The minimum atomic E-state index is -4.95. The molecule has 1 unspecified atom stereocenters. The molecule has 1 heterocycles. The summed E-state index contributed by atoms with van der Waals surface area (Å²) in [5.41, 5.74) is -0.540. The number of fused-ring (bicyclic) bond motifs is 1. The average Bonchev–Trinajstić information content (AvgIpc) is 2.27. The van der Waals surface area contributed by atoms with Crippen molar-refractivity contribution in [2.45, 2.75) is 6.36 Å². The van der Waals surface area contributed by atoms with E-state index in [4.69, 9.17) is 5.11 Å². The number of carboxylic acids is 1. The highest BCUT2D eigenvalue weighted by Crippen LogP contribution is 2.31. The first-order chi connectivity index (χ1) is 8.78. The lowest BCUT2D eigenvalue weighted by Gasteiger charge is -2.24. The maximum Gasteiger partial charge on any atom is 0.573 e. The topological polar surface area (TPSA) is 76.0 Å². The molecule has 19 heavy (non-hydrogen) atoms. The van der Waals surface area contributed by atoms with E-state index in [9.17, 15) is 22.8 Å². The summed E-state index contributed by atoms with van der Waals surface area (Å²) in [5, 5.41) is 8.93. The summed E-state index contributed by atoms with van der Waals surface area (Å²) < 4.78 is 40.3. The Morgan fingerprint density at radius 3 is 2.63 bits per heavy atom. The summed E-state index contributed by atoms with van der Waals surface area (Å²) in [6.45, 7) is 0. The van der Waals surface area contributed by atoms with Crippen LogP contribution >= 0.6 is 0 Å². The number of ether oxygens (including phenoxy) is 1. The molecule has 0 saturated heterocycles. The molecule has 0 aromatic rings. The number of aliphatic imine (C=N–C) groups is 1. The Kier molecular flexibility index (Phi) is 3.01. The third-order valence-electron chi connectivity index (χ3n) is 2.43. The molecule has 0 aromatic carbocycles. The lowest BCUT2D eigenvalue weighted by molar-refractivity contribution is -0.302. The number of halogens is 3. The van der Waals surface area contributed by atoms with E-state index in [0.29, 0.717) is 0 Å². The van der Waals surface area contributed by atoms with E-state index >= 15 is 0 Å². The van der Waals surface area contributed by atoms with E-state index in [1.54, 1.807) is 0 Å². The Balaban J connectivity index is 2.44. The molecule has 0 bridgehead atoms. The molecule has 1 aliphatic heterocycles. The molecule has 0 aromatic heterocycles. The molecule has 0 spiro atoms. The first-order valence-electron chi connectivity index (χ1n) is 5.00. The maximum absolute atomic E-state index is 12.2. The first-order valence-corrected chi connectivity index (χ1v) is 5.00. The molecule has 0 fully saturated rings. The summed E-state index contributed by atoms with van der Waals surface area (Å²) in [5.74, 6) is -3.79. The van der Waals surface area contributed by atoms with Crippen LogP contribution in [0.1, 0.15) is 0 Å². The van der Waals surface area contributed by atoms with Crippen LogP contribution in [-0.2, 0) is 14.3 Å². The van der Waals surface area contributed by atoms with E-state index in [2.05, 4.69) is 9.73 Å².